The van der Waals surface area contributed by atoms with Crippen LogP contribution in [-0.4, -0.2) is 35.4 Å². The molecular formula is C17H13BrN2O3S. The van der Waals surface area contributed by atoms with Gasteiger partial charge in [0.15, 0.2) is 0 Å². The third kappa shape index (κ3) is 3.37. The normalized spacial score (nSPS) is 13.2. The number of amides is 3. The molecule has 2 aromatic carbocycles. The molecule has 0 saturated heterocycles. The molecule has 3 amide bonds. The predicted octanol–water partition coefficient (Wildman–Crippen LogP) is 3.41. The summed E-state index contributed by atoms with van der Waals surface area (Å²) in [6, 6.07) is 12.4. The molecule has 0 aliphatic carbocycles. The number of carbonyl (C=O) groups excluding carboxylic acids is 3. The Balaban J connectivity index is 1.64. The molecule has 24 heavy (non-hydrogen) atoms. The minimum atomic E-state index is -0.352. The second-order valence-electron chi connectivity index (χ2n) is 5.22. The maximum Gasteiger partial charge on any atom is 0.261 e. The number of benzene rings is 2. The van der Waals surface area contributed by atoms with E-state index in [1.807, 2.05) is 24.3 Å². The molecule has 122 valence electrons. The van der Waals surface area contributed by atoms with Crippen LogP contribution in [0, 0.1) is 0 Å². The number of nitrogens with zero attached hydrogens (tertiary/aromatic N) is 1. The van der Waals surface area contributed by atoms with Gasteiger partial charge >= 0.3 is 0 Å². The number of carbonyl (C=O) groups is 3. The molecule has 0 fully saturated rings. The number of thioether (sulfide) groups is 1. The number of hydrogen-bond acceptors (Lipinski definition) is 4. The Labute approximate surface area is 151 Å². The Morgan fingerprint density at radius 1 is 1.08 bits per heavy atom. The van der Waals surface area contributed by atoms with E-state index in [9.17, 15) is 14.4 Å². The number of nitrogens with one attached hydrogen (secondary N) is 1. The van der Waals surface area contributed by atoms with Gasteiger partial charge in [-0.15, -0.1) is 11.8 Å². The average molecular weight is 405 g/mol. The molecule has 0 atom stereocenters. The maximum atomic E-state index is 12.1. The van der Waals surface area contributed by atoms with Crippen LogP contribution in [0.5, 0.6) is 0 Å². The highest BCUT2D eigenvalue weighted by Gasteiger charge is 2.32. The Kier molecular flexibility index (Phi) is 4.73. The van der Waals surface area contributed by atoms with Crippen molar-refractivity contribution in [3.63, 3.8) is 0 Å². The standard InChI is InChI=1S/C17H13BrN2O3S/c1-20-16(22)13-7-4-11(8-14(13)17(20)23)19-15(21)9-24-12-5-2-10(18)3-6-12/h2-8H,9H2,1H3,(H,19,21). The molecule has 2 aromatic rings. The van der Waals surface area contributed by atoms with E-state index in [4.69, 9.17) is 0 Å². The average Bonchev–Trinajstić information content (AvgIpc) is 2.79. The first-order valence-corrected chi connectivity index (χ1v) is 8.88. The van der Waals surface area contributed by atoms with Gasteiger partial charge in [0.05, 0.1) is 16.9 Å². The number of anilines is 1. The zero-order valence-electron chi connectivity index (χ0n) is 12.7. The summed E-state index contributed by atoms with van der Waals surface area (Å²) in [5.74, 6) is -0.590. The third-order valence-electron chi connectivity index (χ3n) is 3.56. The first-order chi connectivity index (χ1) is 11.5. The Morgan fingerprint density at radius 2 is 1.75 bits per heavy atom. The molecule has 1 heterocycles. The lowest BCUT2D eigenvalue weighted by Gasteiger charge is -2.06. The topological polar surface area (TPSA) is 66.5 Å². The molecule has 5 nitrogen and oxygen atoms in total. The van der Waals surface area contributed by atoms with Crippen molar-refractivity contribution in [1.82, 2.24) is 4.90 Å². The lowest BCUT2D eigenvalue weighted by atomic mass is 10.1. The van der Waals surface area contributed by atoms with Crippen molar-refractivity contribution in [2.75, 3.05) is 18.1 Å². The minimum absolute atomic E-state index is 0.173. The SMILES string of the molecule is CN1C(=O)c2ccc(NC(=O)CSc3ccc(Br)cc3)cc2C1=O. The van der Waals surface area contributed by atoms with Crippen LogP contribution in [0.15, 0.2) is 51.8 Å². The minimum Gasteiger partial charge on any atom is -0.325 e. The Morgan fingerprint density at radius 3 is 2.46 bits per heavy atom. The lowest BCUT2D eigenvalue weighted by Crippen LogP contribution is -2.24. The summed E-state index contributed by atoms with van der Waals surface area (Å²) in [7, 11) is 1.44. The van der Waals surface area contributed by atoms with Crippen molar-refractivity contribution in [3.8, 4) is 0 Å². The first kappa shape index (κ1) is 16.7. The zero-order valence-corrected chi connectivity index (χ0v) is 15.1. The van der Waals surface area contributed by atoms with Gasteiger partial charge in [-0.05, 0) is 42.5 Å². The van der Waals surface area contributed by atoms with Crippen LogP contribution in [0.3, 0.4) is 0 Å². The van der Waals surface area contributed by atoms with Crippen molar-refractivity contribution in [2.24, 2.45) is 0 Å². The van der Waals surface area contributed by atoms with Crippen LogP contribution < -0.4 is 5.32 Å². The number of fused-ring (bicyclic) bond motifs is 1. The zero-order chi connectivity index (χ0) is 17.3. The second kappa shape index (κ2) is 6.78. The Bertz CT molecular complexity index is 836. The lowest BCUT2D eigenvalue weighted by molar-refractivity contribution is -0.113. The molecule has 0 bridgehead atoms. The summed E-state index contributed by atoms with van der Waals surface area (Å²) in [5.41, 5.74) is 1.19. The fourth-order valence-electron chi connectivity index (χ4n) is 2.32. The van der Waals surface area contributed by atoms with Crippen LogP contribution >= 0.6 is 27.7 Å². The van der Waals surface area contributed by atoms with E-state index in [0.717, 1.165) is 14.3 Å². The highest BCUT2D eigenvalue weighted by molar-refractivity contribution is 9.10. The van der Waals surface area contributed by atoms with Gasteiger partial charge in [-0.25, -0.2) is 0 Å². The maximum absolute atomic E-state index is 12.1. The van der Waals surface area contributed by atoms with Crippen molar-refractivity contribution >= 4 is 51.1 Å². The van der Waals surface area contributed by atoms with Crippen LogP contribution in [0.1, 0.15) is 20.7 Å². The third-order valence-corrected chi connectivity index (χ3v) is 5.10. The number of halogens is 1. The van der Waals surface area contributed by atoms with Crippen LogP contribution in [0.2, 0.25) is 0 Å². The molecule has 1 aliphatic rings. The number of rotatable bonds is 4. The van der Waals surface area contributed by atoms with E-state index < -0.39 is 0 Å². The Hall–Kier alpha value is -2.12. The highest BCUT2D eigenvalue weighted by Crippen LogP contribution is 2.25. The fourth-order valence-corrected chi connectivity index (χ4v) is 3.28. The largest absolute Gasteiger partial charge is 0.325 e. The molecule has 0 saturated carbocycles. The van der Waals surface area contributed by atoms with Gasteiger partial charge in [-0.3, -0.25) is 19.3 Å². The van der Waals surface area contributed by atoms with Gasteiger partial charge in [-0.1, -0.05) is 15.9 Å². The summed E-state index contributed by atoms with van der Waals surface area (Å²) in [6.45, 7) is 0. The summed E-state index contributed by atoms with van der Waals surface area (Å²) >= 11 is 4.79. The van der Waals surface area contributed by atoms with Gasteiger partial charge in [0.1, 0.15) is 0 Å². The summed E-state index contributed by atoms with van der Waals surface area (Å²) in [4.78, 5) is 37.9. The van der Waals surface area contributed by atoms with Gasteiger partial charge in [0.2, 0.25) is 5.91 Å². The quantitative estimate of drug-likeness (QED) is 0.626. The molecular weight excluding hydrogens is 392 g/mol. The molecule has 0 aromatic heterocycles. The monoisotopic (exact) mass is 404 g/mol. The van der Waals surface area contributed by atoms with Gasteiger partial charge in [0.25, 0.3) is 11.8 Å². The second-order valence-corrected chi connectivity index (χ2v) is 7.18. The van der Waals surface area contributed by atoms with Crippen molar-refractivity contribution in [2.45, 2.75) is 4.90 Å². The van der Waals surface area contributed by atoms with Crippen molar-refractivity contribution in [3.05, 3.63) is 58.1 Å². The van der Waals surface area contributed by atoms with E-state index in [1.165, 1.54) is 18.8 Å². The summed E-state index contributed by atoms with van der Waals surface area (Å²) < 4.78 is 0.985. The van der Waals surface area contributed by atoms with Gasteiger partial charge in [0, 0.05) is 22.1 Å². The number of imide groups is 1. The molecule has 1 aliphatic heterocycles. The van der Waals surface area contributed by atoms with Crippen LogP contribution in [-0.2, 0) is 4.79 Å². The smallest absolute Gasteiger partial charge is 0.261 e. The van der Waals surface area contributed by atoms with Crippen LogP contribution in [0.4, 0.5) is 5.69 Å². The van der Waals surface area contributed by atoms with E-state index in [2.05, 4.69) is 21.2 Å². The van der Waals surface area contributed by atoms with Gasteiger partial charge in [-0.2, -0.15) is 0 Å². The first-order valence-electron chi connectivity index (χ1n) is 7.10. The summed E-state index contributed by atoms with van der Waals surface area (Å²) in [6.07, 6.45) is 0. The van der Waals surface area contributed by atoms with E-state index in [-0.39, 0.29) is 23.5 Å². The predicted molar refractivity (Wildman–Crippen MR) is 96.4 cm³/mol. The molecule has 0 radical (unpaired) electrons. The molecule has 1 N–H and O–H groups in total. The fraction of sp³-hybridized carbons (Fsp3) is 0.118. The molecule has 0 spiro atoms. The summed E-state index contributed by atoms with van der Waals surface area (Å²) in [5, 5.41) is 2.75. The van der Waals surface area contributed by atoms with E-state index in [0.29, 0.717) is 16.8 Å². The van der Waals surface area contributed by atoms with E-state index >= 15 is 0 Å². The van der Waals surface area contributed by atoms with Crippen LogP contribution in [0.25, 0.3) is 0 Å². The molecule has 7 heteroatoms. The van der Waals surface area contributed by atoms with Crippen molar-refractivity contribution < 1.29 is 14.4 Å². The van der Waals surface area contributed by atoms with Gasteiger partial charge < -0.3 is 5.32 Å². The van der Waals surface area contributed by atoms with Crippen molar-refractivity contribution in [1.29, 1.82) is 0 Å². The number of hydrogen-bond donors (Lipinski definition) is 1. The van der Waals surface area contributed by atoms with E-state index in [1.54, 1.807) is 18.2 Å². The molecule has 3 rings (SSSR count). The molecule has 0 unspecified atom stereocenters. The highest BCUT2D eigenvalue weighted by atomic mass is 79.9.